The van der Waals surface area contributed by atoms with Gasteiger partial charge >= 0.3 is 6.03 Å². The van der Waals surface area contributed by atoms with Gasteiger partial charge in [0.2, 0.25) is 5.91 Å². The van der Waals surface area contributed by atoms with Crippen LogP contribution < -0.4 is 10.6 Å². The van der Waals surface area contributed by atoms with Crippen LogP contribution in [0.4, 0.5) is 16.2 Å². The average Bonchev–Trinajstić information content (AvgIpc) is 2.76. The number of hydrogen-bond acceptors (Lipinski definition) is 2. The summed E-state index contributed by atoms with van der Waals surface area (Å²) in [6, 6.07) is 15.3. The zero-order valence-electron chi connectivity index (χ0n) is 13.7. The summed E-state index contributed by atoms with van der Waals surface area (Å²) in [7, 11) is 1.77. The lowest BCUT2D eigenvalue weighted by molar-refractivity contribution is -0.116. The molecule has 0 spiro atoms. The lowest BCUT2D eigenvalue weighted by atomic mass is 10.1. The van der Waals surface area contributed by atoms with Crippen molar-refractivity contribution < 1.29 is 9.59 Å². The largest absolute Gasteiger partial charge is 0.326 e. The highest BCUT2D eigenvalue weighted by Gasteiger charge is 2.14. The van der Waals surface area contributed by atoms with Crippen LogP contribution in [0.1, 0.15) is 24.0 Å². The topological polar surface area (TPSA) is 61.4 Å². The summed E-state index contributed by atoms with van der Waals surface area (Å²) in [5.74, 6) is 0.0492. The summed E-state index contributed by atoms with van der Waals surface area (Å²) in [4.78, 5) is 25.6. The maximum Gasteiger partial charge on any atom is 0.321 e. The Morgan fingerprint density at radius 3 is 2.75 bits per heavy atom. The number of urea groups is 1. The molecule has 0 bridgehead atoms. The van der Waals surface area contributed by atoms with Crippen molar-refractivity contribution in [1.82, 2.24) is 4.90 Å². The van der Waals surface area contributed by atoms with Gasteiger partial charge in [-0.2, -0.15) is 0 Å². The number of amides is 3. The number of benzene rings is 2. The third kappa shape index (κ3) is 3.93. The van der Waals surface area contributed by atoms with E-state index in [1.54, 1.807) is 11.9 Å². The monoisotopic (exact) mass is 323 g/mol. The second-order valence-corrected chi connectivity index (χ2v) is 6.05. The summed E-state index contributed by atoms with van der Waals surface area (Å²) >= 11 is 0. The Labute approximate surface area is 141 Å². The van der Waals surface area contributed by atoms with Crippen molar-refractivity contribution in [3.63, 3.8) is 0 Å². The molecule has 0 aromatic heterocycles. The molecule has 1 heterocycles. The predicted octanol–water partition coefficient (Wildman–Crippen LogP) is 3.63. The number of aryl methyl sites for hydroxylation is 1. The van der Waals surface area contributed by atoms with Gasteiger partial charge in [0.15, 0.2) is 0 Å². The van der Waals surface area contributed by atoms with Crippen molar-refractivity contribution in [3.8, 4) is 0 Å². The minimum atomic E-state index is -0.156. The third-order valence-electron chi connectivity index (χ3n) is 4.09. The van der Waals surface area contributed by atoms with Crippen molar-refractivity contribution in [3.05, 3.63) is 59.7 Å². The minimum absolute atomic E-state index is 0.0492. The van der Waals surface area contributed by atoms with E-state index in [0.29, 0.717) is 13.0 Å². The number of rotatable bonds is 3. The molecule has 124 valence electrons. The summed E-state index contributed by atoms with van der Waals surface area (Å²) in [5.41, 5.74) is 3.73. The van der Waals surface area contributed by atoms with E-state index in [4.69, 9.17) is 0 Å². The van der Waals surface area contributed by atoms with Crippen LogP contribution >= 0.6 is 0 Å². The Bertz CT molecular complexity index is 744. The standard InChI is InChI=1S/C19H21N3O2/c1-22(13-14-6-3-2-4-7-14)19(24)20-16-10-11-17-15(12-16)8-5-9-18(23)21-17/h2-4,6-7,10-12H,5,8-9,13H2,1H3,(H,20,24)(H,21,23). The highest BCUT2D eigenvalue weighted by atomic mass is 16.2. The molecule has 3 amide bonds. The van der Waals surface area contributed by atoms with Gasteiger partial charge in [-0.1, -0.05) is 30.3 Å². The molecular weight excluding hydrogens is 302 g/mol. The van der Waals surface area contributed by atoms with Gasteiger partial charge in [0.25, 0.3) is 0 Å². The molecule has 0 saturated carbocycles. The Hall–Kier alpha value is -2.82. The zero-order chi connectivity index (χ0) is 16.9. The molecule has 3 rings (SSSR count). The number of anilines is 2. The summed E-state index contributed by atoms with van der Waals surface area (Å²) < 4.78 is 0. The number of nitrogens with one attached hydrogen (secondary N) is 2. The summed E-state index contributed by atoms with van der Waals surface area (Å²) in [5, 5.41) is 5.81. The first-order valence-corrected chi connectivity index (χ1v) is 8.10. The first-order valence-electron chi connectivity index (χ1n) is 8.10. The molecule has 2 aromatic carbocycles. The SMILES string of the molecule is CN(Cc1ccccc1)C(=O)Nc1ccc2c(c1)CCCC(=O)N2. The van der Waals surface area contributed by atoms with Gasteiger partial charge in [0.05, 0.1) is 0 Å². The van der Waals surface area contributed by atoms with Crippen LogP contribution in [0, 0.1) is 0 Å². The summed E-state index contributed by atoms with van der Waals surface area (Å²) in [6.07, 6.45) is 2.19. The lowest BCUT2D eigenvalue weighted by Gasteiger charge is -2.19. The van der Waals surface area contributed by atoms with Crippen LogP contribution in [-0.2, 0) is 17.8 Å². The quantitative estimate of drug-likeness (QED) is 0.906. The van der Waals surface area contributed by atoms with E-state index in [1.807, 2.05) is 48.5 Å². The van der Waals surface area contributed by atoms with Crippen LogP contribution in [0.15, 0.2) is 48.5 Å². The first-order chi connectivity index (χ1) is 11.6. The first kappa shape index (κ1) is 16.1. The van der Waals surface area contributed by atoms with Gasteiger partial charge in [-0.15, -0.1) is 0 Å². The highest BCUT2D eigenvalue weighted by molar-refractivity contribution is 5.94. The van der Waals surface area contributed by atoms with Crippen LogP contribution in [-0.4, -0.2) is 23.9 Å². The van der Waals surface area contributed by atoms with Crippen molar-refractivity contribution in [2.75, 3.05) is 17.7 Å². The zero-order valence-corrected chi connectivity index (χ0v) is 13.7. The third-order valence-corrected chi connectivity index (χ3v) is 4.09. The van der Waals surface area contributed by atoms with Gasteiger partial charge < -0.3 is 15.5 Å². The molecule has 5 nitrogen and oxygen atoms in total. The van der Waals surface area contributed by atoms with E-state index in [9.17, 15) is 9.59 Å². The van der Waals surface area contributed by atoms with E-state index < -0.39 is 0 Å². The molecule has 0 saturated heterocycles. The van der Waals surface area contributed by atoms with Crippen LogP contribution in [0.25, 0.3) is 0 Å². The van der Waals surface area contributed by atoms with E-state index in [2.05, 4.69) is 10.6 Å². The molecular formula is C19H21N3O2. The second-order valence-electron chi connectivity index (χ2n) is 6.05. The normalized spacial score (nSPS) is 13.5. The maximum atomic E-state index is 12.3. The number of fused-ring (bicyclic) bond motifs is 1. The Kier molecular flexibility index (Phi) is 4.79. The number of carbonyl (C=O) groups is 2. The van der Waals surface area contributed by atoms with Crippen molar-refractivity contribution in [2.24, 2.45) is 0 Å². The van der Waals surface area contributed by atoms with Crippen molar-refractivity contribution >= 4 is 23.3 Å². The molecule has 0 fully saturated rings. The molecule has 1 aliphatic rings. The van der Waals surface area contributed by atoms with Crippen LogP contribution in [0.5, 0.6) is 0 Å². The summed E-state index contributed by atoms with van der Waals surface area (Å²) in [6.45, 7) is 0.549. The number of carbonyl (C=O) groups excluding carboxylic acids is 2. The second kappa shape index (κ2) is 7.17. The molecule has 2 aromatic rings. The Morgan fingerprint density at radius 2 is 1.96 bits per heavy atom. The lowest BCUT2D eigenvalue weighted by Crippen LogP contribution is -2.30. The Balaban J connectivity index is 1.66. The molecule has 0 aliphatic carbocycles. The van der Waals surface area contributed by atoms with Gasteiger partial charge in [0.1, 0.15) is 0 Å². The fourth-order valence-corrected chi connectivity index (χ4v) is 2.80. The molecule has 24 heavy (non-hydrogen) atoms. The fraction of sp³-hybridized carbons (Fsp3) is 0.263. The minimum Gasteiger partial charge on any atom is -0.326 e. The van der Waals surface area contributed by atoms with Gasteiger partial charge in [-0.05, 0) is 42.2 Å². The highest BCUT2D eigenvalue weighted by Crippen LogP contribution is 2.25. The van der Waals surface area contributed by atoms with Crippen molar-refractivity contribution in [1.29, 1.82) is 0 Å². The number of hydrogen-bond donors (Lipinski definition) is 2. The molecule has 2 N–H and O–H groups in total. The Morgan fingerprint density at radius 1 is 1.17 bits per heavy atom. The van der Waals surface area contributed by atoms with E-state index in [0.717, 1.165) is 35.3 Å². The fourth-order valence-electron chi connectivity index (χ4n) is 2.80. The van der Waals surface area contributed by atoms with Crippen molar-refractivity contribution in [2.45, 2.75) is 25.8 Å². The van der Waals surface area contributed by atoms with Crippen LogP contribution in [0.3, 0.4) is 0 Å². The molecule has 0 atom stereocenters. The molecule has 0 unspecified atom stereocenters. The van der Waals surface area contributed by atoms with E-state index in [1.165, 1.54) is 0 Å². The van der Waals surface area contributed by atoms with E-state index >= 15 is 0 Å². The van der Waals surface area contributed by atoms with Gasteiger partial charge in [-0.25, -0.2) is 4.79 Å². The molecule has 5 heteroatoms. The molecule has 1 aliphatic heterocycles. The maximum absolute atomic E-state index is 12.3. The molecule has 0 radical (unpaired) electrons. The van der Waals surface area contributed by atoms with Gasteiger partial charge in [0, 0.05) is 31.4 Å². The van der Waals surface area contributed by atoms with E-state index in [-0.39, 0.29) is 11.9 Å². The number of nitrogens with zero attached hydrogens (tertiary/aromatic N) is 1. The smallest absolute Gasteiger partial charge is 0.321 e. The predicted molar refractivity (Wildman–Crippen MR) is 94.9 cm³/mol. The van der Waals surface area contributed by atoms with Crippen LogP contribution in [0.2, 0.25) is 0 Å². The van der Waals surface area contributed by atoms with Gasteiger partial charge in [-0.3, -0.25) is 4.79 Å². The average molecular weight is 323 g/mol.